The Balaban J connectivity index is 2.03. The Morgan fingerprint density at radius 2 is 1.97 bits per heavy atom. The monoisotopic (exact) mass is 422 g/mol. The van der Waals surface area contributed by atoms with Gasteiger partial charge in [-0.25, -0.2) is 4.84 Å². The minimum atomic E-state index is -0.708. The zero-order valence-corrected chi connectivity index (χ0v) is 18.3. The third-order valence-corrected chi connectivity index (χ3v) is 5.50. The molecule has 1 saturated heterocycles. The highest BCUT2D eigenvalue weighted by molar-refractivity contribution is 6.15. The van der Waals surface area contributed by atoms with Crippen LogP contribution in [-0.4, -0.2) is 47.3 Å². The van der Waals surface area contributed by atoms with Gasteiger partial charge in [0.05, 0.1) is 6.04 Å². The summed E-state index contributed by atoms with van der Waals surface area (Å²) in [5.41, 5.74) is 2.15. The number of hydrogen-bond donors (Lipinski definition) is 3. The van der Waals surface area contributed by atoms with E-state index in [0.717, 1.165) is 17.5 Å². The van der Waals surface area contributed by atoms with E-state index in [2.05, 4.69) is 15.5 Å². The van der Waals surface area contributed by atoms with Gasteiger partial charge in [-0.05, 0) is 49.9 Å². The summed E-state index contributed by atoms with van der Waals surface area (Å²) in [5.74, 6) is -0.873. The fourth-order valence-corrected chi connectivity index (χ4v) is 3.55. The van der Waals surface area contributed by atoms with E-state index in [1.165, 1.54) is 0 Å². The van der Waals surface area contributed by atoms with E-state index in [9.17, 15) is 14.4 Å². The predicted octanol–water partition coefficient (Wildman–Crippen LogP) is 1.87. The van der Waals surface area contributed by atoms with Crippen molar-refractivity contribution < 1.29 is 14.4 Å². The minimum absolute atomic E-state index is 0.120. The van der Waals surface area contributed by atoms with Crippen molar-refractivity contribution in [2.24, 2.45) is 5.92 Å². The Bertz CT molecular complexity index is 740. The maximum absolute atomic E-state index is 13.1. The van der Waals surface area contributed by atoms with Crippen molar-refractivity contribution >= 4 is 29.5 Å². The smallest absolute Gasteiger partial charge is 0.246 e. The first-order valence-electron chi connectivity index (χ1n) is 10.0. The van der Waals surface area contributed by atoms with Crippen LogP contribution in [0.25, 0.3) is 0 Å². The van der Waals surface area contributed by atoms with Gasteiger partial charge < -0.3 is 15.5 Å². The van der Waals surface area contributed by atoms with Crippen molar-refractivity contribution in [3.63, 3.8) is 0 Å². The summed E-state index contributed by atoms with van der Waals surface area (Å²) in [4.78, 5) is 42.1. The van der Waals surface area contributed by atoms with Crippen LogP contribution in [0.1, 0.15) is 44.7 Å². The second-order valence-corrected chi connectivity index (χ2v) is 8.18. The van der Waals surface area contributed by atoms with Crippen molar-refractivity contribution in [3.8, 4) is 0 Å². The minimum Gasteiger partial charge on any atom is -0.350 e. The van der Waals surface area contributed by atoms with Gasteiger partial charge in [-0.2, -0.15) is 0 Å². The molecule has 1 aromatic carbocycles. The summed E-state index contributed by atoms with van der Waals surface area (Å²) < 4.78 is 0. The molecule has 0 aliphatic carbocycles. The van der Waals surface area contributed by atoms with Gasteiger partial charge in [-0.3, -0.25) is 14.4 Å². The number of hydrogen-bond acceptors (Lipinski definition) is 4. The number of halogens is 1. The van der Waals surface area contributed by atoms with Crippen LogP contribution in [0.2, 0.25) is 0 Å². The Morgan fingerprint density at radius 3 is 2.59 bits per heavy atom. The zero-order valence-electron chi connectivity index (χ0n) is 17.5. The van der Waals surface area contributed by atoms with E-state index in [4.69, 9.17) is 11.8 Å². The normalized spacial score (nSPS) is 18.4. The molecular weight excluding hydrogens is 392 g/mol. The second-order valence-electron chi connectivity index (χ2n) is 7.96. The molecule has 29 heavy (non-hydrogen) atoms. The highest BCUT2D eigenvalue weighted by Crippen LogP contribution is 2.21. The lowest BCUT2D eigenvalue weighted by atomic mass is 10.0. The third-order valence-electron chi connectivity index (χ3n) is 5.18. The Morgan fingerprint density at radius 1 is 1.24 bits per heavy atom. The molecule has 8 heteroatoms. The first kappa shape index (κ1) is 23.2. The summed E-state index contributed by atoms with van der Waals surface area (Å²) in [6, 6.07) is 6.08. The van der Waals surface area contributed by atoms with Crippen molar-refractivity contribution in [3.05, 3.63) is 35.4 Å². The van der Waals surface area contributed by atoms with Gasteiger partial charge in [-0.1, -0.05) is 43.7 Å². The van der Waals surface area contributed by atoms with Gasteiger partial charge >= 0.3 is 0 Å². The molecule has 0 spiro atoms. The Kier molecular flexibility index (Phi) is 8.46. The third kappa shape index (κ3) is 6.18. The quantitative estimate of drug-likeness (QED) is 0.558. The Labute approximate surface area is 177 Å². The number of amides is 3. The average molecular weight is 423 g/mol. The number of nitrogens with zero attached hydrogens (tertiary/aromatic N) is 1. The van der Waals surface area contributed by atoms with Gasteiger partial charge in [0, 0.05) is 13.1 Å². The maximum Gasteiger partial charge on any atom is 0.246 e. The molecule has 3 atom stereocenters. The van der Waals surface area contributed by atoms with E-state index >= 15 is 0 Å². The molecule has 0 bridgehead atoms. The lowest BCUT2D eigenvalue weighted by Crippen LogP contribution is -2.56. The van der Waals surface area contributed by atoms with Gasteiger partial charge in [0.25, 0.3) is 0 Å². The number of carbonyl (C=O) groups is 3. The lowest BCUT2D eigenvalue weighted by Gasteiger charge is -2.31. The number of benzene rings is 1. The molecule has 2 rings (SSSR count). The van der Waals surface area contributed by atoms with E-state index in [-0.39, 0.29) is 23.6 Å². The van der Waals surface area contributed by atoms with E-state index < -0.39 is 18.1 Å². The van der Waals surface area contributed by atoms with Crippen molar-refractivity contribution in [1.82, 2.24) is 20.4 Å². The largest absolute Gasteiger partial charge is 0.350 e. The molecule has 7 nitrogen and oxygen atoms in total. The molecule has 3 unspecified atom stereocenters. The van der Waals surface area contributed by atoms with Gasteiger partial charge in [0.15, 0.2) is 0 Å². The maximum atomic E-state index is 13.1. The van der Waals surface area contributed by atoms with Crippen molar-refractivity contribution in [1.29, 1.82) is 0 Å². The van der Waals surface area contributed by atoms with Gasteiger partial charge in [-0.15, -0.1) is 0 Å². The molecule has 1 aliphatic rings. The number of likely N-dealkylation sites (tertiary alicyclic amines) is 1. The first-order valence-corrected chi connectivity index (χ1v) is 10.4. The SMILES string of the molecule is Cc1cccc(CNC(=O)C2CCCN2C(=O)C(NC(=O)C(C)NCl)C(C)C)c1. The van der Waals surface area contributed by atoms with Crippen LogP contribution in [0.3, 0.4) is 0 Å². The number of nitrogens with one attached hydrogen (secondary N) is 3. The van der Waals surface area contributed by atoms with Crippen LogP contribution in [0.15, 0.2) is 24.3 Å². The lowest BCUT2D eigenvalue weighted by molar-refractivity contribution is -0.142. The fraction of sp³-hybridized carbons (Fsp3) is 0.571. The number of aryl methyl sites for hydroxylation is 1. The van der Waals surface area contributed by atoms with Crippen molar-refractivity contribution in [2.75, 3.05) is 6.54 Å². The molecule has 1 aromatic rings. The fourth-order valence-electron chi connectivity index (χ4n) is 3.45. The standard InChI is InChI=1S/C21H31ClN4O3/c1-13(2)18(24-19(27)15(4)25-22)21(29)26-10-6-9-17(26)20(28)23-12-16-8-5-7-14(3)11-16/h5,7-8,11,13,15,17-18,25H,6,9-10,12H2,1-4H3,(H,23,28)(H,24,27). The average Bonchev–Trinajstić information content (AvgIpc) is 3.18. The van der Waals surface area contributed by atoms with E-state index in [1.54, 1.807) is 11.8 Å². The molecule has 0 aromatic heterocycles. The molecule has 3 N–H and O–H groups in total. The van der Waals surface area contributed by atoms with E-state index in [0.29, 0.717) is 19.5 Å². The molecular formula is C21H31ClN4O3. The summed E-state index contributed by atoms with van der Waals surface area (Å²) in [7, 11) is 0. The van der Waals surface area contributed by atoms with Crippen LogP contribution < -0.4 is 15.5 Å². The summed E-state index contributed by atoms with van der Waals surface area (Å²) >= 11 is 5.52. The molecule has 1 fully saturated rings. The van der Waals surface area contributed by atoms with Crippen LogP contribution >= 0.6 is 11.8 Å². The molecule has 1 heterocycles. The van der Waals surface area contributed by atoms with Crippen molar-refractivity contribution in [2.45, 2.75) is 65.2 Å². The molecule has 3 amide bonds. The van der Waals surface area contributed by atoms with Crippen LogP contribution in [0.4, 0.5) is 0 Å². The van der Waals surface area contributed by atoms with Crippen LogP contribution in [0.5, 0.6) is 0 Å². The highest BCUT2D eigenvalue weighted by Gasteiger charge is 2.38. The van der Waals surface area contributed by atoms with Gasteiger partial charge in [0.2, 0.25) is 17.7 Å². The second kappa shape index (κ2) is 10.6. The van der Waals surface area contributed by atoms with Crippen LogP contribution in [-0.2, 0) is 20.9 Å². The number of carbonyl (C=O) groups excluding carboxylic acids is 3. The van der Waals surface area contributed by atoms with Crippen LogP contribution in [0, 0.1) is 12.8 Å². The topological polar surface area (TPSA) is 90.5 Å². The predicted molar refractivity (Wildman–Crippen MR) is 113 cm³/mol. The Hall–Kier alpha value is -2.12. The summed E-state index contributed by atoms with van der Waals surface area (Å²) in [5, 5.41) is 5.70. The molecule has 160 valence electrons. The van der Waals surface area contributed by atoms with Gasteiger partial charge in [0.1, 0.15) is 12.1 Å². The number of rotatable bonds is 8. The molecule has 0 radical (unpaired) electrons. The molecule has 0 saturated carbocycles. The summed E-state index contributed by atoms with van der Waals surface area (Å²) in [6.07, 6.45) is 1.37. The first-order chi connectivity index (χ1) is 13.7. The van der Waals surface area contributed by atoms with E-state index in [1.807, 2.05) is 45.0 Å². The highest BCUT2D eigenvalue weighted by atomic mass is 35.5. The molecule has 1 aliphatic heterocycles. The zero-order chi connectivity index (χ0) is 21.6. The summed E-state index contributed by atoms with van der Waals surface area (Å²) in [6.45, 7) is 8.27.